The molecule has 1 aromatic rings. The van der Waals surface area contributed by atoms with Crippen LogP contribution in [0, 0.1) is 5.92 Å². The van der Waals surface area contributed by atoms with E-state index in [0.717, 1.165) is 36.1 Å². The minimum Gasteiger partial charge on any atom is -0.495 e. The van der Waals surface area contributed by atoms with Gasteiger partial charge in [-0.2, -0.15) is 5.10 Å². The third-order valence-electron chi connectivity index (χ3n) is 6.43. The van der Waals surface area contributed by atoms with Gasteiger partial charge in [0.15, 0.2) is 5.54 Å². The molecule has 10 heteroatoms. The van der Waals surface area contributed by atoms with Gasteiger partial charge in [-0.25, -0.2) is 14.6 Å². The molecule has 0 saturated heterocycles. The second-order valence-electron chi connectivity index (χ2n) is 9.03. The van der Waals surface area contributed by atoms with Gasteiger partial charge < -0.3 is 25.2 Å². The molecule has 1 aliphatic carbocycles. The minimum absolute atomic E-state index is 0.122. The van der Waals surface area contributed by atoms with Crippen molar-refractivity contribution < 1.29 is 24.5 Å². The number of carboxylic acid groups (broad SMARTS) is 2. The van der Waals surface area contributed by atoms with Crippen molar-refractivity contribution in [2.75, 3.05) is 13.2 Å². The highest BCUT2D eigenvalue weighted by atomic mass is 16.5. The quantitative estimate of drug-likeness (QED) is 0.585. The first kappa shape index (κ1) is 20.3. The Morgan fingerprint density at radius 1 is 1.31 bits per heavy atom. The summed E-state index contributed by atoms with van der Waals surface area (Å²) in [5.74, 6) is -1.04. The number of nitrogens with one attached hydrogen (secondary N) is 1. The number of aliphatic imine (C=N–C) groups is 1. The minimum atomic E-state index is -1.19. The molecule has 0 radical (unpaired) electrons. The van der Waals surface area contributed by atoms with Crippen molar-refractivity contribution in [3.63, 3.8) is 0 Å². The number of carboxylic acids is 2. The van der Waals surface area contributed by atoms with Crippen molar-refractivity contribution in [3.8, 4) is 0 Å². The third-order valence-corrected chi connectivity index (χ3v) is 6.43. The number of nitrogens with zero attached hydrogens (tertiary/aromatic N) is 4. The lowest BCUT2D eigenvalue weighted by Crippen LogP contribution is -2.40. The molecular weight excluding hydrogens is 414 g/mol. The van der Waals surface area contributed by atoms with Crippen LogP contribution in [0.15, 0.2) is 52.4 Å². The summed E-state index contributed by atoms with van der Waals surface area (Å²) in [5.41, 5.74) is 3.04. The van der Waals surface area contributed by atoms with E-state index in [1.165, 1.54) is 4.68 Å². The van der Waals surface area contributed by atoms with Crippen LogP contribution in [0.5, 0.6) is 0 Å². The number of ether oxygens (including phenoxy) is 1. The molecule has 10 nitrogen and oxygen atoms in total. The predicted octanol–water partition coefficient (Wildman–Crippen LogP) is 1.63. The number of rotatable bonds is 7. The van der Waals surface area contributed by atoms with Crippen molar-refractivity contribution in [3.05, 3.63) is 53.0 Å². The van der Waals surface area contributed by atoms with E-state index in [0.29, 0.717) is 30.2 Å². The molecule has 1 saturated carbocycles. The largest absolute Gasteiger partial charge is 0.495 e. The first-order valence-electron chi connectivity index (χ1n) is 10.7. The smallest absolute Gasteiger partial charge is 0.331 e. The first-order valence-corrected chi connectivity index (χ1v) is 10.7. The van der Waals surface area contributed by atoms with Crippen molar-refractivity contribution in [2.45, 2.75) is 44.7 Å². The van der Waals surface area contributed by atoms with Crippen LogP contribution in [0.4, 0.5) is 0 Å². The van der Waals surface area contributed by atoms with E-state index in [1.54, 1.807) is 38.7 Å². The highest BCUT2D eigenvalue weighted by molar-refractivity contribution is 6.02. The molecule has 1 unspecified atom stereocenters. The van der Waals surface area contributed by atoms with Crippen LogP contribution < -0.4 is 5.32 Å². The van der Waals surface area contributed by atoms with Gasteiger partial charge in [-0.05, 0) is 44.6 Å². The van der Waals surface area contributed by atoms with Gasteiger partial charge >= 0.3 is 11.9 Å². The number of aromatic nitrogens is 2. The highest BCUT2D eigenvalue weighted by Crippen LogP contribution is 2.39. The van der Waals surface area contributed by atoms with Gasteiger partial charge in [0, 0.05) is 24.5 Å². The van der Waals surface area contributed by atoms with Gasteiger partial charge in [-0.3, -0.25) is 4.68 Å². The number of carbonyl (C=O) groups is 2. The average molecular weight is 439 g/mol. The summed E-state index contributed by atoms with van der Waals surface area (Å²) < 4.78 is 7.18. The topological polar surface area (TPSA) is 129 Å². The monoisotopic (exact) mass is 439 g/mol. The molecule has 1 fully saturated rings. The maximum absolute atomic E-state index is 11.8. The molecule has 1 atom stereocenters. The molecule has 4 aliphatic rings. The van der Waals surface area contributed by atoms with E-state index in [2.05, 4.69) is 20.3 Å². The fourth-order valence-electron chi connectivity index (χ4n) is 4.26. The molecule has 5 rings (SSSR count). The van der Waals surface area contributed by atoms with E-state index in [-0.39, 0.29) is 5.92 Å². The Morgan fingerprint density at radius 2 is 2.09 bits per heavy atom. The zero-order valence-electron chi connectivity index (χ0n) is 17.9. The lowest BCUT2D eigenvalue weighted by atomic mass is 10.0. The Morgan fingerprint density at radius 3 is 2.78 bits per heavy atom. The molecule has 0 spiro atoms. The number of hydrogen-bond donors (Lipinski definition) is 3. The molecular formula is C22H25N5O5. The van der Waals surface area contributed by atoms with Crippen LogP contribution in [0.25, 0.3) is 0 Å². The summed E-state index contributed by atoms with van der Waals surface area (Å²) in [6.07, 6.45) is 9.23. The fraction of sp³-hybridized carbons (Fsp3) is 0.455. The fourth-order valence-corrected chi connectivity index (χ4v) is 4.26. The summed E-state index contributed by atoms with van der Waals surface area (Å²) in [6, 6.07) is -0.662. The zero-order valence-corrected chi connectivity index (χ0v) is 17.9. The summed E-state index contributed by atoms with van der Waals surface area (Å²) in [4.78, 5) is 30.1. The van der Waals surface area contributed by atoms with Gasteiger partial charge in [-0.15, -0.1) is 0 Å². The normalized spacial score (nSPS) is 21.1. The Balaban J connectivity index is 1.50. The van der Waals surface area contributed by atoms with E-state index < -0.39 is 23.5 Å². The standard InChI is InChI=1S/C22H25N5O5/c1-22(2,21(30)31)27-9-14(7-24-27)19-23-8-15-16(25-17(20(28)29)12-3-4-12)11-32-10-13-5-6-26(19)18(13)15/h7-9,11-12,17,25H,3-6,10H2,1-2H3,(H,28,29)(H,30,31). The van der Waals surface area contributed by atoms with Gasteiger partial charge in [0.05, 0.1) is 23.2 Å². The number of amidine groups is 1. The van der Waals surface area contributed by atoms with Crippen LogP contribution >= 0.6 is 0 Å². The van der Waals surface area contributed by atoms with Crippen LogP contribution in [0.3, 0.4) is 0 Å². The molecule has 0 bridgehead atoms. The average Bonchev–Trinajstić information content (AvgIpc) is 3.34. The van der Waals surface area contributed by atoms with Gasteiger partial charge in [0.1, 0.15) is 24.7 Å². The maximum Gasteiger partial charge on any atom is 0.331 e. The molecule has 1 aromatic heterocycles. The summed E-state index contributed by atoms with van der Waals surface area (Å²) in [6.45, 7) is 4.31. The maximum atomic E-state index is 11.8. The van der Waals surface area contributed by atoms with Crippen LogP contribution in [0.2, 0.25) is 0 Å². The van der Waals surface area contributed by atoms with E-state index in [4.69, 9.17) is 4.74 Å². The van der Waals surface area contributed by atoms with Gasteiger partial charge in [-0.1, -0.05) is 0 Å². The lowest BCUT2D eigenvalue weighted by Gasteiger charge is -2.30. The first-order chi connectivity index (χ1) is 15.3. The van der Waals surface area contributed by atoms with Crippen LogP contribution in [-0.4, -0.2) is 61.9 Å². The lowest BCUT2D eigenvalue weighted by molar-refractivity contribution is -0.146. The molecule has 4 heterocycles. The predicted molar refractivity (Wildman–Crippen MR) is 113 cm³/mol. The zero-order chi connectivity index (χ0) is 22.6. The highest BCUT2D eigenvalue weighted by Gasteiger charge is 2.40. The van der Waals surface area contributed by atoms with Crippen molar-refractivity contribution >= 4 is 17.8 Å². The Bertz CT molecular complexity index is 1120. The SMILES string of the molecule is CC(C)(C(=O)O)n1cc(C2=NC=C3C(NC(C(=O)O)C4CC4)=COCC4=C3N2CC4)cn1. The molecule has 0 amide bonds. The molecule has 32 heavy (non-hydrogen) atoms. The van der Waals surface area contributed by atoms with Crippen LogP contribution in [-0.2, 0) is 19.9 Å². The Labute approximate surface area is 184 Å². The molecule has 3 aliphatic heterocycles. The van der Waals surface area contributed by atoms with Crippen molar-refractivity contribution in [2.24, 2.45) is 10.9 Å². The number of aliphatic carboxylic acids is 2. The number of hydrogen-bond acceptors (Lipinski definition) is 7. The van der Waals surface area contributed by atoms with E-state index in [9.17, 15) is 19.8 Å². The molecule has 0 aromatic carbocycles. The Hall–Kier alpha value is -3.56. The Kier molecular flexibility index (Phi) is 4.61. The summed E-state index contributed by atoms with van der Waals surface area (Å²) in [7, 11) is 0. The van der Waals surface area contributed by atoms with Gasteiger partial charge in [0.25, 0.3) is 0 Å². The second-order valence-corrected chi connectivity index (χ2v) is 9.03. The van der Waals surface area contributed by atoms with E-state index in [1.807, 2.05) is 0 Å². The molecule has 3 N–H and O–H groups in total. The summed E-state index contributed by atoms with van der Waals surface area (Å²) >= 11 is 0. The third kappa shape index (κ3) is 3.26. The summed E-state index contributed by atoms with van der Waals surface area (Å²) in [5, 5.41) is 26.6. The van der Waals surface area contributed by atoms with Gasteiger partial charge in [0.2, 0.25) is 0 Å². The molecule has 168 valence electrons. The van der Waals surface area contributed by atoms with Crippen molar-refractivity contribution in [1.29, 1.82) is 0 Å². The van der Waals surface area contributed by atoms with Crippen molar-refractivity contribution in [1.82, 2.24) is 20.0 Å². The van der Waals surface area contributed by atoms with Crippen LogP contribution in [0.1, 0.15) is 38.7 Å². The van der Waals surface area contributed by atoms with E-state index >= 15 is 0 Å². The second kappa shape index (κ2) is 7.25.